The summed E-state index contributed by atoms with van der Waals surface area (Å²) in [5.41, 5.74) is 20.9. The van der Waals surface area contributed by atoms with E-state index in [-0.39, 0.29) is 43.1 Å². The van der Waals surface area contributed by atoms with Crippen molar-refractivity contribution in [3.8, 4) is 5.75 Å². The van der Waals surface area contributed by atoms with E-state index in [0.717, 1.165) is 43.6 Å². The van der Waals surface area contributed by atoms with Crippen molar-refractivity contribution < 1.29 is 43.8 Å². The molecule has 1 aromatic heterocycles. The molecule has 7 amide bonds. The number of aliphatic hydroxyl groups excluding tert-OH is 1. The van der Waals surface area contributed by atoms with Crippen LogP contribution in [-0.2, 0) is 52.8 Å². The first-order valence-electron chi connectivity index (χ1n) is 24.0. The Kier molecular flexibility index (Phi) is 22.2. The van der Waals surface area contributed by atoms with Crippen LogP contribution < -0.4 is 54.4 Å². The molecule has 20 nitrogen and oxygen atoms in total. The van der Waals surface area contributed by atoms with Crippen molar-refractivity contribution >= 4 is 73.8 Å². The highest BCUT2D eigenvalue weighted by Crippen LogP contribution is 2.25. The number of carbonyl (C=O) groups excluding carboxylic acids is 7. The average molecular weight is 1030 g/mol. The number of hydrogen-bond donors (Lipinski definition) is 13. The van der Waals surface area contributed by atoms with E-state index in [9.17, 15) is 43.8 Å². The van der Waals surface area contributed by atoms with Gasteiger partial charge in [-0.15, -0.1) is 0 Å². The summed E-state index contributed by atoms with van der Waals surface area (Å²) in [7, 11) is 2.11. The van der Waals surface area contributed by atoms with E-state index in [0.29, 0.717) is 31.4 Å². The lowest BCUT2D eigenvalue weighted by molar-refractivity contribution is -0.134. The Balaban J connectivity index is 1.55. The van der Waals surface area contributed by atoms with Gasteiger partial charge in [-0.25, -0.2) is 0 Å². The fourth-order valence-corrected chi connectivity index (χ4v) is 10.4. The molecule has 1 fully saturated rings. The molecule has 0 saturated carbocycles. The van der Waals surface area contributed by atoms with E-state index in [1.165, 1.54) is 19.1 Å². The second-order valence-corrected chi connectivity index (χ2v) is 20.8. The summed E-state index contributed by atoms with van der Waals surface area (Å²) in [6, 6.07) is 13.7. The number of benzene rings is 3. The molecule has 16 N–H and O–H groups in total. The number of nitrogens with one attached hydrogen (secondary N) is 8. The number of primary amides is 1. The Hall–Kier alpha value is -6.17. The van der Waals surface area contributed by atoms with Crippen molar-refractivity contribution in [1.29, 1.82) is 0 Å². The van der Waals surface area contributed by atoms with Gasteiger partial charge < -0.3 is 69.6 Å². The molecule has 9 atom stereocenters. The molecule has 4 aromatic rings. The molecule has 0 spiro atoms. The van der Waals surface area contributed by atoms with Gasteiger partial charge in [-0.05, 0) is 80.0 Å². The average Bonchev–Trinajstić information content (AvgIpc) is 3.75. The molecular formula is C50H69N11O9S2. The summed E-state index contributed by atoms with van der Waals surface area (Å²) in [6.07, 6.45) is 2.30. The third kappa shape index (κ3) is 17.3. The van der Waals surface area contributed by atoms with Gasteiger partial charge in [0.15, 0.2) is 0 Å². The SMILES string of the molecule is CC(C)[C@H]1NC(=O)[C@H](CCCCN)NC[C@@H](Cc2c[nH]c3ccccc23)NC(=O)[C@H](Cc2ccc(O)cc2)NC(=O)[C@@H](NC(=O)[C@@H](N)Cc2ccccc2)CSSC[C@H](C(=O)N[C@H](C(N)=O)[C@@H](C)O)NC1=O. The number of aromatic nitrogens is 1. The van der Waals surface area contributed by atoms with Gasteiger partial charge in [0.1, 0.15) is 36.0 Å². The Bertz CT molecular complexity index is 2440. The number of aromatic hydroxyl groups is 1. The molecule has 1 aliphatic heterocycles. The first kappa shape index (κ1) is 56.7. The minimum absolute atomic E-state index is 0.00263. The van der Waals surface area contributed by atoms with Gasteiger partial charge in [0, 0.05) is 47.6 Å². The Morgan fingerprint density at radius 1 is 0.778 bits per heavy atom. The van der Waals surface area contributed by atoms with E-state index in [2.05, 4.69) is 42.2 Å². The van der Waals surface area contributed by atoms with Crippen LogP contribution in [0, 0.1) is 5.92 Å². The number of fused-ring (bicyclic) bond motifs is 1. The lowest BCUT2D eigenvalue weighted by Crippen LogP contribution is -2.61. The molecule has 0 aliphatic carbocycles. The normalized spacial score (nSPS) is 22.3. The Labute approximate surface area is 427 Å². The first-order valence-corrected chi connectivity index (χ1v) is 26.5. The zero-order valence-electron chi connectivity index (χ0n) is 40.7. The largest absolute Gasteiger partial charge is 0.508 e. The van der Waals surface area contributed by atoms with Crippen LogP contribution in [0.1, 0.15) is 56.7 Å². The smallest absolute Gasteiger partial charge is 0.244 e. The predicted octanol–water partition coefficient (Wildman–Crippen LogP) is 0.142. The van der Waals surface area contributed by atoms with Crippen LogP contribution in [-0.4, -0.2) is 136 Å². The minimum Gasteiger partial charge on any atom is -0.508 e. The van der Waals surface area contributed by atoms with Gasteiger partial charge in [-0.2, -0.15) is 0 Å². The minimum atomic E-state index is -1.51. The van der Waals surface area contributed by atoms with Gasteiger partial charge in [0.05, 0.1) is 18.2 Å². The van der Waals surface area contributed by atoms with Crippen molar-refractivity contribution in [2.75, 3.05) is 24.6 Å². The molecule has 0 bridgehead atoms. The molecule has 390 valence electrons. The summed E-state index contributed by atoms with van der Waals surface area (Å²) < 4.78 is 0. The van der Waals surface area contributed by atoms with Gasteiger partial charge >= 0.3 is 0 Å². The fraction of sp³-hybridized carbons (Fsp3) is 0.460. The number of para-hydroxylation sites is 1. The number of unbranched alkanes of at least 4 members (excludes halogenated alkanes) is 1. The maximum Gasteiger partial charge on any atom is 0.244 e. The van der Waals surface area contributed by atoms with Gasteiger partial charge in [0.25, 0.3) is 0 Å². The van der Waals surface area contributed by atoms with Crippen molar-refractivity contribution in [2.45, 2.75) is 114 Å². The quantitative estimate of drug-likeness (QED) is 0.0495. The predicted molar refractivity (Wildman–Crippen MR) is 279 cm³/mol. The highest BCUT2D eigenvalue weighted by molar-refractivity contribution is 8.76. The molecular weight excluding hydrogens is 963 g/mol. The van der Waals surface area contributed by atoms with Gasteiger partial charge in [-0.3, -0.25) is 33.6 Å². The number of aliphatic hydroxyl groups is 1. The Morgan fingerprint density at radius 3 is 2.14 bits per heavy atom. The number of amides is 7. The number of H-pyrrole nitrogens is 1. The van der Waals surface area contributed by atoms with Crippen LogP contribution in [0.5, 0.6) is 5.75 Å². The zero-order valence-corrected chi connectivity index (χ0v) is 42.4. The highest BCUT2D eigenvalue weighted by Gasteiger charge is 2.35. The number of hydrogen-bond acceptors (Lipinski definition) is 14. The molecule has 0 radical (unpaired) electrons. The molecule has 0 unspecified atom stereocenters. The molecule has 72 heavy (non-hydrogen) atoms. The number of aromatic amines is 1. The topological polar surface area (TPSA) is 338 Å². The van der Waals surface area contributed by atoms with Crippen molar-refractivity contribution in [3.05, 3.63) is 102 Å². The van der Waals surface area contributed by atoms with Crippen LogP contribution in [0.4, 0.5) is 0 Å². The third-order valence-corrected chi connectivity index (χ3v) is 14.6. The van der Waals surface area contributed by atoms with E-state index in [4.69, 9.17) is 17.2 Å². The summed E-state index contributed by atoms with van der Waals surface area (Å²) in [4.78, 5) is 101. The van der Waals surface area contributed by atoms with Crippen LogP contribution >= 0.6 is 21.6 Å². The van der Waals surface area contributed by atoms with Crippen molar-refractivity contribution in [3.63, 3.8) is 0 Å². The lowest BCUT2D eigenvalue weighted by Gasteiger charge is -2.30. The maximum absolute atomic E-state index is 14.8. The van der Waals surface area contributed by atoms with Crippen LogP contribution in [0.3, 0.4) is 0 Å². The molecule has 22 heteroatoms. The van der Waals surface area contributed by atoms with Crippen molar-refractivity contribution in [1.82, 2.24) is 42.2 Å². The van der Waals surface area contributed by atoms with E-state index in [1.807, 2.05) is 60.8 Å². The van der Waals surface area contributed by atoms with Crippen LogP contribution in [0.15, 0.2) is 85.1 Å². The van der Waals surface area contributed by atoms with Gasteiger partial charge in [0.2, 0.25) is 41.4 Å². The second-order valence-electron chi connectivity index (χ2n) is 18.3. The number of nitrogens with two attached hydrogens (primary N) is 3. The fourth-order valence-electron chi connectivity index (χ4n) is 8.07. The van der Waals surface area contributed by atoms with E-state index >= 15 is 0 Å². The lowest BCUT2D eigenvalue weighted by atomic mass is 10.00. The van der Waals surface area contributed by atoms with E-state index < -0.39 is 102 Å². The third-order valence-electron chi connectivity index (χ3n) is 12.2. The molecule has 1 aliphatic rings. The Morgan fingerprint density at radius 2 is 1.46 bits per heavy atom. The summed E-state index contributed by atoms with van der Waals surface area (Å²) >= 11 is 0. The zero-order chi connectivity index (χ0) is 52.3. The molecule has 1 saturated heterocycles. The maximum atomic E-state index is 14.8. The number of phenols is 1. The molecule has 5 rings (SSSR count). The summed E-state index contributed by atoms with van der Waals surface area (Å²) in [6.45, 7) is 5.13. The number of rotatable bonds is 17. The van der Waals surface area contributed by atoms with Crippen molar-refractivity contribution in [2.24, 2.45) is 23.1 Å². The molecule has 2 heterocycles. The summed E-state index contributed by atoms with van der Waals surface area (Å²) in [5.74, 6) is -5.87. The standard InChI is InChI=1S/C50H69N11O9S2/c1-28(2)42-50(70)59-41(49(69)61-43(29(3)62)44(53)64)27-72-71-26-40(58-45(65)36(52)21-30-11-5-4-6-12-30)48(68)57-39(22-31-16-18-34(63)19-17-31)47(67)56-33(23-32-24-54-37-14-8-7-13-35(32)37)25-55-38(46(66)60-42)15-9-10-20-51/h4-8,11-14,16-19,24,28-29,33,36,38-43,54-55,62-63H,9-10,15,20-23,25-27,51-52H2,1-3H3,(H2,53,64)(H,56,67)(H,57,68)(H,58,65)(H,59,70)(H,60,66)(H,61,69)/t29-,33-,36+,38+,39+,40+,41-,42-,43+/m1/s1. The van der Waals surface area contributed by atoms with Crippen LogP contribution in [0.2, 0.25) is 0 Å². The number of carbonyl (C=O) groups is 7. The highest BCUT2D eigenvalue weighted by atomic mass is 33.1. The second kappa shape index (κ2) is 28.2. The van der Waals surface area contributed by atoms with Crippen LogP contribution in [0.25, 0.3) is 10.9 Å². The first-order chi connectivity index (χ1) is 34.4. The van der Waals surface area contributed by atoms with E-state index in [1.54, 1.807) is 26.0 Å². The summed E-state index contributed by atoms with van der Waals surface area (Å²) in [5, 5.41) is 41.4. The van der Waals surface area contributed by atoms with Gasteiger partial charge in [-0.1, -0.05) is 103 Å². The number of phenolic OH excluding ortho intramolecular Hbond substituents is 1. The molecule has 3 aromatic carbocycles. The monoisotopic (exact) mass is 1030 g/mol.